The van der Waals surface area contributed by atoms with Crippen molar-refractivity contribution < 1.29 is 0 Å². The molecule has 0 aliphatic rings. The predicted octanol–water partition coefficient (Wildman–Crippen LogP) is 4.06. The number of allylic oxidation sites excluding steroid dienone is 1. The highest BCUT2D eigenvalue weighted by atomic mass is 15.1. The quantitative estimate of drug-likeness (QED) is 0.624. The van der Waals surface area contributed by atoms with Crippen molar-refractivity contribution in [3.63, 3.8) is 0 Å². The fraction of sp³-hybridized carbons (Fsp3) is 0.833. The Balaban J connectivity index is 0. The van der Waals surface area contributed by atoms with Gasteiger partial charge in [-0.1, -0.05) is 46.6 Å². The Hall–Kier alpha value is -0.460. The molecule has 0 saturated carbocycles. The molecule has 0 aromatic heterocycles. The summed E-state index contributed by atoms with van der Waals surface area (Å²) in [5.41, 5.74) is 1.22. The van der Waals surface area contributed by atoms with E-state index < -0.39 is 0 Å². The topological polar surface area (TPSA) is 3.24 Å². The van der Waals surface area contributed by atoms with Crippen molar-refractivity contribution in [1.82, 2.24) is 4.90 Å². The van der Waals surface area contributed by atoms with Crippen LogP contribution in [0.2, 0.25) is 0 Å². The van der Waals surface area contributed by atoms with E-state index in [0.717, 1.165) is 13.0 Å². The first kappa shape index (κ1) is 15.0. The molecule has 0 aromatic carbocycles. The third-order valence-electron chi connectivity index (χ3n) is 2.13. The molecule has 0 aliphatic carbocycles. The first-order chi connectivity index (χ1) is 6.13. The van der Waals surface area contributed by atoms with Gasteiger partial charge in [-0.3, -0.25) is 0 Å². The van der Waals surface area contributed by atoms with Crippen molar-refractivity contribution in [2.24, 2.45) is 0 Å². The highest BCUT2D eigenvalue weighted by Crippen LogP contribution is 2.00. The van der Waals surface area contributed by atoms with Gasteiger partial charge in [-0.05, 0) is 13.3 Å². The standard InChI is InChI=1S/C7H15N.C5H12/c1-5-7(3)8(4)6-2;1-3-5-4-2/h3,5-6H2,1-2,4H3;3-5H2,1-2H3. The minimum absolute atomic E-state index is 1.06. The number of hydrogen-bond acceptors (Lipinski definition) is 1. The fourth-order valence-electron chi connectivity index (χ4n) is 0.847. The van der Waals surface area contributed by atoms with Gasteiger partial charge in [0.05, 0.1) is 0 Å². The Bertz CT molecular complexity index is 106. The summed E-state index contributed by atoms with van der Waals surface area (Å²) in [5, 5.41) is 0. The second-order valence-corrected chi connectivity index (χ2v) is 3.29. The second-order valence-electron chi connectivity index (χ2n) is 3.29. The molecule has 0 radical (unpaired) electrons. The number of unbranched alkanes of at least 4 members (excludes halogenated alkanes) is 2. The number of hydrogen-bond donors (Lipinski definition) is 0. The zero-order valence-corrected chi connectivity index (χ0v) is 10.2. The number of rotatable bonds is 5. The van der Waals surface area contributed by atoms with Gasteiger partial charge in [0.1, 0.15) is 0 Å². The van der Waals surface area contributed by atoms with E-state index in [0.29, 0.717) is 0 Å². The van der Waals surface area contributed by atoms with Crippen molar-refractivity contribution in [1.29, 1.82) is 0 Å². The lowest BCUT2D eigenvalue weighted by Gasteiger charge is -2.17. The van der Waals surface area contributed by atoms with Gasteiger partial charge in [-0.25, -0.2) is 0 Å². The van der Waals surface area contributed by atoms with Crippen molar-refractivity contribution in [3.05, 3.63) is 12.3 Å². The summed E-state index contributed by atoms with van der Waals surface area (Å²) < 4.78 is 0. The zero-order valence-electron chi connectivity index (χ0n) is 10.2. The van der Waals surface area contributed by atoms with Gasteiger partial charge in [0.2, 0.25) is 0 Å². The monoisotopic (exact) mass is 185 g/mol. The maximum atomic E-state index is 3.87. The minimum Gasteiger partial charge on any atom is -0.379 e. The molecule has 1 nitrogen and oxygen atoms in total. The van der Waals surface area contributed by atoms with E-state index in [9.17, 15) is 0 Å². The molecule has 13 heavy (non-hydrogen) atoms. The average molecular weight is 185 g/mol. The third kappa shape index (κ3) is 11.5. The van der Waals surface area contributed by atoms with E-state index in [1.807, 2.05) is 0 Å². The van der Waals surface area contributed by atoms with Crippen molar-refractivity contribution >= 4 is 0 Å². The Labute approximate surface area is 84.8 Å². The van der Waals surface area contributed by atoms with Crippen LogP contribution in [-0.4, -0.2) is 18.5 Å². The van der Waals surface area contributed by atoms with Crippen LogP contribution >= 0.6 is 0 Å². The largest absolute Gasteiger partial charge is 0.379 e. The molecule has 0 atom stereocenters. The summed E-state index contributed by atoms with van der Waals surface area (Å²) in [6.45, 7) is 13.6. The molecule has 0 N–H and O–H groups in total. The van der Waals surface area contributed by atoms with Crippen LogP contribution in [-0.2, 0) is 0 Å². The van der Waals surface area contributed by atoms with Gasteiger partial charge in [0.25, 0.3) is 0 Å². The highest BCUT2D eigenvalue weighted by Gasteiger charge is 1.92. The SMILES string of the molecule is C=C(CC)N(C)CC.CCCCC. The Morgan fingerprint density at radius 2 is 1.54 bits per heavy atom. The van der Waals surface area contributed by atoms with E-state index in [-0.39, 0.29) is 0 Å². The van der Waals surface area contributed by atoms with E-state index in [1.165, 1.54) is 25.0 Å². The Kier molecular flexibility index (Phi) is 13.3. The maximum Gasteiger partial charge on any atom is 0.0143 e. The first-order valence-corrected chi connectivity index (χ1v) is 5.52. The van der Waals surface area contributed by atoms with Crippen molar-refractivity contribution in [2.75, 3.05) is 13.6 Å². The summed E-state index contributed by atoms with van der Waals surface area (Å²) in [4.78, 5) is 2.15. The molecule has 0 aliphatic heterocycles. The molecule has 0 amide bonds. The van der Waals surface area contributed by atoms with Gasteiger partial charge >= 0.3 is 0 Å². The molecular formula is C12H27N. The minimum atomic E-state index is 1.06. The maximum absolute atomic E-state index is 3.87. The van der Waals surface area contributed by atoms with Gasteiger partial charge in [0, 0.05) is 19.3 Å². The van der Waals surface area contributed by atoms with Gasteiger partial charge < -0.3 is 4.90 Å². The molecular weight excluding hydrogens is 158 g/mol. The lowest BCUT2D eigenvalue weighted by atomic mass is 10.3. The van der Waals surface area contributed by atoms with Gasteiger partial charge in [-0.2, -0.15) is 0 Å². The summed E-state index contributed by atoms with van der Waals surface area (Å²) in [7, 11) is 2.06. The molecule has 1 heteroatoms. The second kappa shape index (κ2) is 11.5. The normalized spacial score (nSPS) is 8.69. The summed E-state index contributed by atoms with van der Waals surface area (Å²) in [6, 6.07) is 0. The predicted molar refractivity (Wildman–Crippen MR) is 62.9 cm³/mol. The smallest absolute Gasteiger partial charge is 0.0143 e. The Morgan fingerprint density at radius 3 is 1.62 bits per heavy atom. The first-order valence-electron chi connectivity index (χ1n) is 5.52. The summed E-state index contributed by atoms with van der Waals surface area (Å²) in [5.74, 6) is 0. The molecule has 0 aromatic rings. The third-order valence-corrected chi connectivity index (χ3v) is 2.13. The van der Waals surface area contributed by atoms with E-state index in [2.05, 4.69) is 46.2 Å². The van der Waals surface area contributed by atoms with Crippen LogP contribution in [0.15, 0.2) is 12.3 Å². The highest BCUT2D eigenvalue weighted by molar-refractivity contribution is 4.89. The molecule has 0 bridgehead atoms. The van der Waals surface area contributed by atoms with Crippen LogP contribution in [0.5, 0.6) is 0 Å². The summed E-state index contributed by atoms with van der Waals surface area (Å²) >= 11 is 0. The lowest BCUT2D eigenvalue weighted by molar-refractivity contribution is 0.430. The Morgan fingerprint density at radius 1 is 1.08 bits per heavy atom. The molecule has 0 saturated heterocycles. The van der Waals surface area contributed by atoms with E-state index in [1.54, 1.807) is 0 Å². The van der Waals surface area contributed by atoms with E-state index in [4.69, 9.17) is 0 Å². The van der Waals surface area contributed by atoms with Crippen molar-refractivity contribution in [3.8, 4) is 0 Å². The van der Waals surface area contributed by atoms with Crippen LogP contribution in [0.4, 0.5) is 0 Å². The van der Waals surface area contributed by atoms with Crippen LogP contribution < -0.4 is 0 Å². The van der Waals surface area contributed by atoms with E-state index >= 15 is 0 Å². The number of nitrogens with zero attached hydrogens (tertiary/aromatic N) is 1. The fourth-order valence-corrected chi connectivity index (χ4v) is 0.847. The van der Waals surface area contributed by atoms with Crippen molar-refractivity contribution in [2.45, 2.75) is 53.4 Å². The van der Waals surface area contributed by atoms with Gasteiger partial charge in [-0.15, -0.1) is 0 Å². The van der Waals surface area contributed by atoms with Crippen LogP contribution in [0.3, 0.4) is 0 Å². The van der Waals surface area contributed by atoms with Gasteiger partial charge in [0.15, 0.2) is 0 Å². The van der Waals surface area contributed by atoms with Crippen LogP contribution in [0.1, 0.15) is 53.4 Å². The molecule has 0 spiro atoms. The summed E-state index contributed by atoms with van der Waals surface area (Å²) in [6.07, 6.45) is 5.14. The molecule has 80 valence electrons. The average Bonchev–Trinajstić information content (AvgIpc) is 2.17. The molecule has 0 rings (SSSR count). The lowest BCUT2D eigenvalue weighted by Crippen LogP contribution is -2.14. The molecule has 0 unspecified atom stereocenters. The van der Waals surface area contributed by atoms with Crippen LogP contribution in [0.25, 0.3) is 0 Å². The van der Waals surface area contributed by atoms with Crippen LogP contribution in [0, 0.1) is 0 Å². The zero-order chi connectivity index (χ0) is 10.7. The molecule has 0 heterocycles. The molecule has 0 fully saturated rings.